The van der Waals surface area contributed by atoms with E-state index in [9.17, 15) is 4.79 Å². The second kappa shape index (κ2) is 4.99. The van der Waals surface area contributed by atoms with Crippen LogP contribution in [0.3, 0.4) is 0 Å². The Hall–Kier alpha value is -1.54. The number of carbonyl (C=O) groups excluding carboxylic acids is 1. The standard InChI is InChI=1S/C10H12N4O2S2/c1-3-16-9(15)6-5(11)4-7(17-2)13-10(12)14-8(4)18-6/h3,11H2,1-2H3,(H2,12,13,14). The highest BCUT2D eigenvalue weighted by Crippen LogP contribution is 2.37. The van der Waals surface area contributed by atoms with Crippen LogP contribution < -0.4 is 11.5 Å². The number of nitrogens with zero attached hydrogens (tertiary/aromatic N) is 2. The van der Waals surface area contributed by atoms with Crippen LogP contribution in [-0.2, 0) is 4.74 Å². The van der Waals surface area contributed by atoms with E-state index in [1.807, 2.05) is 6.26 Å². The average Bonchev–Trinajstić information content (AvgIpc) is 2.66. The van der Waals surface area contributed by atoms with Crippen molar-refractivity contribution in [1.82, 2.24) is 9.97 Å². The summed E-state index contributed by atoms with van der Waals surface area (Å²) >= 11 is 2.58. The van der Waals surface area contributed by atoms with Gasteiger partial charge in [0.2, 0.25) is 5.95 Å². The number of nitrogens with two attached hydrogens (primary N) is 2. The van der Waals surface area contributed by atoms with E-state index in [1.165, 1.54) is 23.1 Å². The van der Waals surface area contributed by atoms with Crippen molar-refractivity contribution in [2.75, 3.05) is 24.3 Å². The molecule has 0 bridgehead atoms. The number of anilines is 2. The Labute approximate surface area is 112 Å². The molecule has 0 aromatic carbocycles. The normalized spacial score (nSPS) is 10.8. The Balaban J connectivity index is 2.66. The number of hydrogen-bond donors (Lipinski definition) is 2. The van der Waals surface area contributed by atoms with Crippen LogP contribution in [0.5, 0.6) is 0 Å². The molecule has 0 aliphatic heterocycles. The highest BCUT2D eigenvalue weighted by atomic mass is 32.2. The number of rotatable bonds is 3. The molecule has 18 heavy (non-hydrogen) atoms. The van der Waals surface area contributed by atoms with Crippen LogP contribution >= 0.6 is 23.1 Å². The van der Waals surface area contributed by atoms with Crippen molar-refractivity contribution in [1.29, 1.82) is 0 Å². The van der Waals surface area contributed by atoms with E-state index in [1.54, 1.807) is 6.92 Å². The molecule has 4 N–H and O–H groups in total. The fraction of sp³-hybridized carbons (Fsp3) is 0.300. The summed E-state index contributed by atoms with van der Waals surface area (Å²) in [6.07, 6.45) is 1.86. The van der Waals surface area contributed by atoms with Gasteiger partial charge in [-0.1, -0.05) is 0 Å². The first-order valence-corrected chi connectivity index (χ1v) is 7.19. The van der Waals surface area contributed by atoms with Crippen LogP contribution in [0.2, 0.25) is 0 Å². The smallest absolute Gasteiger partial charge is 0.350 e. The van der Waals surface area contributed by atoms with Gasteiger partial charge >= 0.3 is 5.97 Å². The Morgan fingerprint density at radius 3 is 2.78 bits per heavy atom. The van der Waals surface area contributed by atoms with Crippen molar-refractivity contribution in [2.24, 2.45) is 0 Å². The van der Waals surface area contributed by atoms with Gasteiger partial charge in [0.05, 0.1) is 17.7 Å². The van der Waals surface area contributed by atoms with Gasteiger partial charge in [-0.15, -0.1) is 23.1 Å². The van der Waals surface area contributed by atoms with Gasteiger partial charge in [-0.2, -0.15) is 0 Å². The van der Waals surface area contributed by atoms with Crippen LogP contribution in [0.1, 0.15) is 16.6 Å². The van der Waals surface area contributed by atoms with E-state index < -0.39 is 5.97 Å². The van der Waals surface area contributed by atoms with E-state index >= 15 is 0 Å². The molecule has 2 aromatic heterocycles. The second-order valence-electron chi connectivity index (χ2n) is 3.34. The molecule has 2 rings (SSSR count). The maximum Gasteiger partial charge on any atom is 0.350 e. The maximum atomic E-state index is 11.7. The van der Waals surface area contributed by atoms with Gasteiger partial charge in [-0.25, -0.2) is 14.8 Å². The van der Waals surface area contributed by atoms with E-state index in [4.69, 9.17) is 16.2 Å². The monoisotopic (exact) mass is 284 g/mol. The molecule has 6 nitrogen and oxygen atoms in total. The molecule has 2 heterocycles. The Morgan fingerprint density at radius 2 is 2.17 bits per heavy atom. The Kier molecular flexibility index (Phi) is 3.58. The summed E-state index contributed by atoms with van der Waals surface area (Å²) in [6.45, 7) is 2.04. The summed E-state index contributed by atoms with van der Waals surface area (Å²) in [4.78, 5) is 20.9. The number of ether oxygens (including phenoxy) is 1. The van der Waals surface area contributed by atoms with Gasteiger partial charge in [0.1, 0.15) is 14.7 Å². The highest BCUT2D eigenvalue weighted by molar-refractivity contribution is 7.98. The van der Waals surface area contributed by atoms with Crippen molar-refractivity contribution in [2.45, 2.75) is 11.9 Å². The highest BCUT2D eigenvalue weighted by Gasteiger charge is 2.21. The number of carbonyl (C=O) groups is 1. The molecule has 8 heteroatoms. The summed E-state index contributed by atoms with van der Waals surface area (Å²) in [7, 11) is 0. The van der Waals surface area contributed by atoms with Crippen molar-refractivity contribution >= 4 is 50.9 Å². The topological polar surface area (TPSA) is 104 Å². The number of nitrogen functional groups attached to an aromatic ring is 2. The number of aromatic nitrogens is 2. The number of esters is 1. The number of hydrogen-bond acceptors (Lipinski definition) is 8. The average molecular weight is 284 g/mol. The molecule has 0 radical (unpaired) electrons. The van der Waals surface area contributed by atoms with Gasteiger partial charge in [0, 0.05) is 0 Å². The SMILES string of the molecule is CCOC(=O)c1sc2nc(N)nc(SC)c2c1N. The molecule has 0 atom stereocenters. The van der Waals surface area contributed by atoms with Crippen molar-refractivity contribution in [3.8, 4) is 0 Å². The zero-order chi connectivity index (χ0) is 13.3. The lowest BCUT2D eigenvalue weighted by atomic mass is 10.3. The zero-order valence-electron chi connectivity index (χ0n) is 9.89. The molecule has 0 fully saturated rings. The van der Waals surface area contributed by atoms with Crippen molar-refractivity contribution in [3.63, 3.8) is 0 Å². The summed E-state index contributed by atoms with van der Waals surface area (Å²) in [6, 6.07) is 0. The third-order valence-corrected chi connectivity index (χ3v) is 3.99. The first-order valence-electron chi connectivity index (χ1n) is 5.15. The van der Waals surface area contributed by atoms with Crippen molar-refractivity contribution < 1.29 is 9.53 Å². The van der Waals surface area contributed by atoms with Crippen LogP contribution in [0, 0.1) is 0 Å². The van der Waals surface area contributed by atoms with Crippen molar-refractivity contribution in [3.05, 3.63) is 4.88 Å². The number of fused-ring (bicyclic) bond motifs is 1. The third kappa shape index (κ3) is 2.08. The van der Waals surface area contributed by atoms with Crippen LogP contribution in [0.25, 0.3) is 10.2 Å². The molecule has 96 valence electrons. The van der Waals surface area contributed by atoms with E-state index in [-0.39, 0.29) is 5.95 Å². The maximum absolute atomic E-state index is 11.7. The molecule has 0 spiro atoms. The molecular formula is C10H12N4O2S2. The summed E-state index contributed by atoms with van der Waals surface area (Å²) in [5, 5.41) is 1.34. The lowest BCUT2D eigenvalue weighted by Gasteiger charge is -2.01. The molecular weight excluding hydrogens is 272 g/mol. The number of thioether (sulfide) groups is 1. The van der Waals surface area contributed by atoms with Gasteiger partial charge in [-0.3, -0.25) is 0 Å². The van der Waals surface area contributed by atoms with Gasteiger partial charge in [0.15, 0.2) is 0 Å². The molecule has 0 amide bonds. The van der Waals surface area contributed by atoms with Gasteiger partial charge in [-0.05, 0) is 13.2 Å². The summed E-state index contributed by atoms with van der Waals surface area (Å²) in [5.74, 6) is -0.271. The number of thiophene rings is 1. The fourth-order valence-electron chi connectivity index (χ4n) is 1.50. The van der Waals surface area contributed by atoms with E-state index in [0.717, 1.165) is 0 Å². The summed E-state index contributed by atoms with van der Waals surface area (Å²) < 4.78 is 4.95. The molecule has 0 saturated heterocycles. The predicted molar refractivity (Wildman–Crippen MR) is 74.0 cm³/mol. The zero-order valence-corrected chi connectivity index (χ0v) is 11.5. The molecule has 2 aromatic rings. The molecule has 0 aliphatic carbocycles. The van der Waals surface area contributed by atoms with Crippen LogP contribution in [-0.4, -0.2) is 28.8 Å². The quantitative estimate of drug-likeness (QED) is 0.502. The van der Waals surface area contributed by atoms with Gasteiger partial charge < -0.3 is 16.2 Å². The lowest BCUT2D eigenvalue weighted by molar-refractivity contribution is 0.0533. The lowest BCUT2D eigenvalue weighted by Crippen LogP contribution is -2.05. The molecule has 0 unspecified atom stereocenters. The van der Waals surface area contributed by atoms with Crippen LogP contribution in [0.15, 0.2) is 5.03 Å². The largest absolute Gasteiger partial charge is 0.462 e. The summed E-state index contributed by atoms with van der Waals surface area (Å²) in [5.41, 5.74) is 11.9. The minimum Gasteiger partial charge on any atom is -0.462 e. The Bertz CT molecular complexity index is 611. The van der Waals surface area contributed by atoms with Gasteiger partial charge in [0.25, 0.3) is 0 Å². The second-order valence-corrected chi connectivity index (χ2v) is 5.13. The third-order valence-electron chi connectivity index (χ3n) is 2.23. The predicted octanol–water partition coefficient (Wildman–Crippen LogP) is 1.75. The minimum atomic E-state index is -0.441. The Morgan fingerprint density at radius 1 is 1.44 bits per heavy atom. The van der Waals surface area contributed by atoms with Crippen LogP contribution in [0.4, 0.5) is 11.6 Å². The fourth-order valence-corrected chi connectivity index (χ4v) is 3.16. The minimum absolute atomic E-state index is 0.170. The first-order chi connectivity index (χ1) is 8.58. The first kappa shape index (κ1) is 12.9. The van der Waals surface area contributed by atoms with E-state index in [0.29, 0.717) is 32.4 Å². The molecule has 0 saturated carbocycles. The van der Waals surface area contributed by atoms with E-state index in [2.05, 4.69) is 9.97 Å². The molecule has 0 aliphatic rings.